The maximum absolute atomic E-state index is 13.1. The van der Waals surface area contributed by atoms with Crippen molar-refractivity contribution in [1.82, 2.24) is 5.01 Å². The number of nitro groups is 1. The molecule has 122 valence electrons. The summed E-state index contributed by atoms with van der Waals surface area (Å²) >= 11 is 0. The van der Waals surface area contributed by atoms with E-state index < -0.39 is 17.0 Å². The van der Waals surface area contributed by atoms with Gasteiger partial charge in [0.05, 0.1) is 4.92 Å². The lowest BCUT2D eigenvalue weighted by atomic mass is 10.2. The Bertz CT molecular complexity index is 835. The van der Waals surface area contributed by atoms with Gasteiger partial charge in [0.15, 0.2) is 0 Å². The van der Waals surface area contributed by atoms with E-state index in [2.05, 4.69) is 5.10 Å². The van der Waals surface area contributed by atoms with Crippen LogP contribution in [0.15, 0.2) is 53.6 Å². The van der Waals surface area contributed by atoms with Crippen LogP contribution in [0.4, 0.5) is 10.1 Å². The topological polar surface area (TPSA) is 85.0 Å². The van der Waals surface area contributed by atoms with E-state index in [1.807, 2.05) is 0 Å². The first-order chi connectivity index (χ1) is 11.5. The first-order valence-corrected chi connectivity index (χ1v) is 7.01. The third-order valence-electron chi connectivity index (χ3n) is 3.43. The minimum Gasteiger partial charge on any atom is -0.446 e. The van der Waals surface area contributed by atoms with Gasteiger partial charge in [0.25, 0.3) is 5.69 Å². The van der Waals surface area contributed by atoms with E-state index in [4.69, 9.17) is 4.74 Å². The number of ether oxygens (including phenoxy) is 1. The van der Waals surface area contributed by atoms with Crippen molar-refractivity contribution in [2.24, 2.45) is 5.10 Å². The fourth-order valence-electron chi connectivity index (χ4n) is 2.28. The van der Waals surface area contributed by atoms with E-state index in [1.54, 1.807) is 6.07 Å². The van der Waals surface area contributed by atoms with Crippen LogP contribution in [0.25, 0.3) is 0 Å². The fraction of sp³-hybridized carbons (Fsp3) is 0.125. The van der Waals surface area contributed by atoms with Gasteiger partial charge < -0.3 is 4.74 Å². The first-order valence-electron chi connectivity index (χ1n) is 7.01. The van der Waals surface area contributed by atoms with E-state index in [0.717, 1.165) is 5.01 Å². The Morgan fingerprint density at radius 3 is 2.62 bits per heavy atom. The van der Waals surface area contributed by atoms with Gasteiger partial charge in [-0.15, -0.1) is 5.10 Å². The number of nitro benzene ring substituents is 1. The van der Waals surface area contributed by atoms with Gasteiger partial charge in [0, 0.05) is 30.2 Å². The standard InChI is InChI=1S/C16H12FN3O4/c1-10(21)19-16(11-5-7-13(17)8-6-11)24-15(18-19)12-3-2-4-14(9-12)20(22)23/h2-9,16H,1H3. The first kappa shape index (κ1) is 15.6. The monoisotopic (exact) mass is 329 g/mol. The summed E-state index contributed by atoms with van der Waals surface area (Å²) in [7, 11) is 0. The molecule has 0 fully saturated rings. The van der Waals surface area contributed by atoms with Gasteiger partial charge in [-0.3, -0.25) is 14.9 Å². The molecule has 0 aliphatic carbocycles. The van der Waals surface area contributed by atoms with Crippen molar-refractivity contribution in [1.29, 1.82) is 0 Å². The Labute approximate surface area is 136 Å². The molecule has 0 bridgehead atoms. The summed E-state index contributed by atoms with van der Waals surface area (Å²) in [5, 5.41) is 16.1. The molecule has 7 nitrogen and oxygen atoms in total. The van der Waals surface area contributed by atoms with Gasteiger partial charge in [0.1, 0.15) is 5.82 Å². The number of non-ortho nitro benzene ring substituents is 1. The van der Waals surface area contributed by atoms with E-state index in [0.29, 0.717) is 11.1 Å². The van der Waals surface area contributed by atoms with Crippen LogP contribution < -0.4 is 0 Å². The highest BCUT2D eigenvalue weighted by Gasteiger charge is 2.33. The second kappa shape index (κ2) is 6.07. The summed E-state index contributed by atoms with van der Waals surface area (Å²) in [5.41, 5.74) is 0.800. The second-order valence-electron chi connectivity index (χ2n) is 5.10. The number of hydrogen-bond acceptors (Lipinski definition) is 5. The van der Waals surface area contributed by atoms with Gasteiger partial charge in [-0.1, -0.05) is 18.2 Å². The fourth-order valence-corrected chi connectivity index (χ4v) is 2.28. The van der Waals surface area contributed by atoms with Crippen LogP contribution in [0.3, 0.4) is 0 Å². The lowest BCUT2D eigenvalue weighted by molar-refractivity contribution is -0.384. The predicted octanol–water partition coefficient (Wildman–Crippen LogP) is 2.97. The Balaban J connectivity index is 1.95. The van der Waals surface area contributed by atoms with Gasteiger partial charge in [-0.25, -0.2) is 4.39 Å². The number of carbonyl (C=O) groups is 1. The quantitative estimate of drug-likeness (QED) is 0.640. The number of amides is 1. The molecule has 1 unspecified atom stereocenters. The van der Waals surface area contributed by atoms with E-state index in [-0.39, 0.29) is 17.5 Å². The van der Waals surface area contributed by atoms with E-state index in [9.17, 15) is 19.3 Å². The lowest BCUT2D eigenvalue weighted by Gasteiger charge is -2.19. The van der Waals surface area contributed by atoms with Crippen molar-refractivity contribution >= 4 is 17.5 Å². The molecule has 2 aromatic carbocycles. The third-order valence-corrected chi connectivity index (χ3v) is 3.43. The molecule has 1 heterocycles. The number of halogens is 1. The number of nitrogens with zero attached hydrogens (tertiary/aromatic N) is 3. The van der Waals surface area contributed by atoms with Crippen molar-refractivity contribution in [3.63, 3.8) is 0 Å². The van der Waals surface area contributed by atoms with Gasteiger partial charge >= 0.3 is 0 Å². The Hall–Kier alpha value is -3.29. The molecular weight excluding hydrogens is 317 g/mol. The van der Waals surface area contributed by atoms with E-state index >= 15 is 0 Å². The van der Waals surface area contributed by atoms with Crippen LogP contribution in [0, 0.1) is 15.9 Å². The van der Waals surface area contributed by atoms with Crippen LogP contribution in [0.2, 0.25) is 0 Å². The largest absolute Gasteiger partial charge is 0.446 e. The number of benzene rings is 2. The second-order valence-corrected chi connectivity index (χ2v) is 5.10. The molecule has 0 aromatic heterocycles. The molecule has 1 aliphatic heterocycles. The van der Waals surface area contributed by atoms with Gasteiger partial charge in [0.2, 0.25) is 18.0 Å². The molecule has 1 amide bonds. The maximum atomic E-state index is 13.1. The van der Waals surface area contributed by atoms with Crippen molar-refractivity contribution in [3.8, 4) is 0 Å². The average molecular weight is 329 g/mol. The molecular formula is C16H12FN3O4. The average Bonchev–Trinajstić information content (AvgIpc) is 3.01. The minimum absolute atomic E-state index is 0.0863. The Kier molecular flexibility index (Phi) is 3.95. The molecule has 24 heavy (non-hydrogen) atoms. The molecule has 3 rings (SSSR count). The predicted molar refractivity (Wildman–Crippen MR) is 82.4 cm³/mol. The van der Waals surface area contributed by atoms with Crippen LogP contribution in [0.1, 0.15) is 24.3 Å². The highest BCUT2D eigenvalue weighted by atomic mass is 19.1. The number of carbonyl (C=O) groups excluding carboxylic acids is 1. The van der Waals surface area contributed by atoms with Crippen LogP contribution in [-0.4, -0.2) is 21.7 Å². The summed E-state index contributed by atoms with van der Waals surface area (Å²) in [5.74, 6) is -0.695. The number of hydrazone groups is 1. The van der Waals surface area contributed by atoms with Crippen molar-refractivity contribution in [3.05, 3.63) is 75.6 Å². The summed E-state index contributed by atoms with van der Waals surface area (Å²) in [4.78, 5) is 22.2. The SMILES string of the molecule is CC(=O)N1N=C(c2cccc([N+](=O)[O-])c2)OC1c1ccc(F)cc1. The van der Waals surface area contributed by atoms with Crippen molar-refractivity contribution in [2.45, 2.75) is 13.2 Å². The zero-order valence-electron chi connectivity index (χ0n) is 12.5. The van der Waals surface area contributed by atoms with Crippen LogP contribution >= 0.6 is 0 Å². The summed E-state index contributed by atoms with van der Waals surface area (Å²) in [6.45, 7) is 1.32. The summed E-state index contributed by atoms with van der Waals surface area (Å²) < 4.78 is 18.8. The highest BCUT2D eigenvalue weighted by Crippen LogP contribution is 2.30. The normalized spacial score (nSPS) is 16.5. The van der Waals surface area contributed by atoms with Gasteiger partial charge in [-0.2, -0.15) is 5.01 Å². The Morgan fingerprint density at radius 2 is 2.00 bits per heavy atom. The number of hydrogen-bond donors (Lipinski definition) is 0. The van der Waals surface area contributed by atoms with Crippen LogP contribution in [0.5, 0.6) is 0 Å². The zero-order chi connectivity index (χ0) is 17.3. The number of rotatable bonds is 3. The van der Waals surface area contributed by atoms with Crippen molar-refractivity contribution in [2.75, 3.05) is 0 Å². The lowest BCUT2D eigenvalue weighted by Crippen LogP contribution is -2.25. The molecule has 0 spiro atoms. The molecule has 0 radical (unpaired) electrons. The smallest absolute Gasteiger partial charge is 0.270 e. The highest BCUT2D eigenvalue weighted by molar-refractivity contribution is 5.96. The van der Waals surface area contributed by atoms with Crippen molar-refractivity contribution < 1.29 is 18.8 Å². The molecule has 2 aromatic rings. The maximum Gasteiger partial charge on any atom is 0.270 e. The van der Waals surface area contributed by atoms with E-state index in [1.165, 1.54) is 49.4 Å². The molecule has 1 aliphatic rings. The molecule has 0 saturated heterocycles. The molecule has 8 heteroatoms. The summed E-state index contributed by atoms with van der Waals surface area (Å²) in [6, 6.07) is 11.2. The third kappa shape index (κ3) is 2.94. The molecule has 0 N–H and O–H groups in total. The zero-order valence-corrected chi connectivity index (χ0v) is 12.5. The molecule has 0 saturated carbocycles. The summed E-state index contributed by atoms with van der Waals surface area (Å²) in [6.07, 6.45) is -0.850. The minimum atomic E-state index is -0.850. The van der Waals surface area contributed by atoms with Crippen LogP contribution in [-0.2, 0) is 9.53 Å². The molecule has 1 atom stereocenters. The Morgan fingerprint density at radius 1 is 1.29 bits per heavy atom. The van der Waals surface area contributed by atoms with Gasteiger partial charge in [-0.05, 0) is 18.2 Å².